The second kappa shape index (κ2) is 2.27. The highest BCUT2D eigenvalue weighted by Gasteiger charge is 2.21. The van der Waals surface area contributed by atoms with E-state index in [1.165, 1.54) is 0 Å². The fourth-order valence-electron chi connectivity index (χ4n) is 0.992. The normalized spacial score (nSPS) is 37.6. The Labute approximate surface area is 49.3 Å². The topological polar surface area (TPSA) is 29.1 Å². The minimum absolute atomic E-state index is 0.00926. The van der Waals surface area contributed by atoms with Crippen molar-refractivity contribution < 1.29 is 4.79 Å². The molecule has 8 heavy (non-hydrogen) atoms. The quantitative estimate of drug-likeness (QED) is 0.521. The van der Waals surface area contributed by atoms with Crippen molar-refractivity contribution in [3.05, 3.63) is 0 Å². The lowest BCUT2D eigenvalue weighted by Crippen LogP contribution is -2.26. The van der Waals surface area contributed by atoms with Crippen molar-refractivity contribution in [1.82, 2.24) is 5.32 Å². The molecule has 0 aliphatic carbocycles. The van der Waals surface area contributed by atoms with Crippen LogP contribution in [0.15, 0.2) is 0 Å². The van der Waals surface area contributed by atoms with Gasteiger partial charge in [-0.25, -0.2) is 0 Å². The predicted octanol–water partition coefficient (Wildman–Crippen LogP) is 0.0941. The summed E-state index contributed by atoms with van der Waals surface area (Å²) in [5, 5.41) is 3.03. The molecule has 0 unspecified atom stereocenters. The highest BCUT2D eigenvalue weighted by Crippen LogP contribution is 2.11. The first-order chi connectivity index (χ1) is 3.84. The van der Waals surface area contributed by atoms with Crippen LogP contribution in [-0.2, 0) is 4.79 Å². The van der Waals surface area contributed by atoms with Crippen LogP contribution in [-0.4, -0.2) is 18.9 Å². The molecule has 2 nitrogen and oxygen atoms in total. The van der Waals surface area contributed by atoms with Gasteiger partial charge in [0.1, 0.15) is 0 Å². The van der Waals surface area contributed by atoms with Gasteiger partial charge >= 0.3 is 0 Å². The molecule has 0 aromatic carbocycles. The molecular weight excluding hydrogens is 102 g/mol. The third-order valence-electron chi connectivity index (χ3n) is 1.66. The van der Waals surface area contributed by atoms with E-state index in [2.05, 4.69) is 12.2 Å². The van der Waals surface area contributed by atoms with E-state index in [1.807, 2.05) is 6.29 Å². The molecule has 45 valence electrons. The second-order valence-electron chi connectivity index (χ2n) is 2.32. The third kappa shape index (κ3) is 0.892. The van der Waals surface area contributed by atoms with Crippen LogP contribution in [0.1, 0.15) is 13.3 Å². The number of rotatable bonds is 1. The average molecular weight is 112 g/mol. The highest BCUT2D eigenvalue weighted by atomic mass is 16.1. The minimum Gasteiger partial charge on any atom is -0.307 e. The maximum Gasteiger partial charge on any atom is 0.217 e. The fourth-order valence-corrected chi connectivity index (χ4v) is 0.992. The zero-order valence-electron chi connectivity index (χ0n) is 4.98. The van der Waals surface area contributed by atoms with Crippen LogP contribution in [0, 0.1) is 5.92 Å². The molecule has 1 rings (SSSR count). The Hall–Kier alpha value is -0.370. The van der Waals surface area contributed by atoms with Crippen molar-refractivity contribution in [2.75, 3.05) is 6.54 Å². The Morgan fingerprint density at radius 1 is 1.75 bits per heavy atom. The summed E-state index contributed by atoms with van der Waals surface area (Å²) < 4.78 is 0. The van der Waals surface area contributed by atoms with E-state index in [4.69, 9.17) is 0 Å². The van der Waals surface area contributed by atoms with Crippen LogP contribution < -0.4 is 5.32 Å². The summed E-state index contributed by atoms with van der Waals surface area (Å²) in [6.45, 7) is 3.04. The number of carbonyl (C=O) groups excluding carboxylic acids is 1. The van der Waals surface area contributed by atoms with Crippen molar-refractivity contribution in [3.63, 3.8) is 0 Å². The standard InChI is InChI=1S/C6H10NO/c1-5-2-3-7-6(5)4-8/h5-7H,2-3H2,1H3/t5-,6+/m0/s1. The highest BCUT2D eigenvalue weighted by molar-refractivity contribution is 5.59. The van der Waals surface area contributed by atoms with Gasteiger partial charge in [0.15, 0.2) is 0 Å². The molecule has 1 saturated heterocycles. The second-order valence-corrected chi connectivity index (χ2v) is 2.32. The van der Waals surface area contributed by atoms with Crippen molar-refractivity contribution in [2.24, 2.45) is 5.92 Å². The van der Waals surface area contributed by atoms with Crippen molar-refractivity contribution in [2.45, 2.75) is 19.4 Å². The van der Waals surface area contributed by atoms with Crippen LogP contribution >= 0.6 is 0 Å². The minimum atomic E-state index is 0.00926. The molecule has 1 N–H and O–H groups in total. The van der Waals surface area contributed by atoms with Gasteiger partial charge in [-0.05, 0) is 18.9 Å². The molecule has 0 aromatic heterocycles. The Kier molecular flexibility index (Phi) is 1.63. The summed E-state index contributed by atoms with van der Waals surface area (Å²) in [6.07, 6.45) is 3.06. The molecule has 0 bridgehead atoms. The van der Waals surface area contributed by atoms with E-state index in [9.17, 15) is 4.79 Å². The van der Waals surface area contributed by atoms with Gasteiger partial charge in [0.25, 0.3) is 0 Å². The van der Waals surface area contributed by atoms with E-state index >= 15 is 0 Å². The summed E-state index contributed by atoms with van der Waals surface area (Å²) in [4.78, 5) is 10.0. The lowest BCUT2D eigenvalue weighted by Gasteiger charge is -2.03. The van der Waals surface area contributed by atoms with E-state index in [0.717, 1.165) is 13.0 Å². The largest absolute Gasteiger partial charge is 0.307 e. The summed E-state index contributed by atoms with van der Waals surface area (Å²) in [6, 6.07) is 0.00926. The molecular formula is C6H10NO. The van der Waals surface area contributed by atoms with Crippen LogP contribution in [0.3, 0.4) is 0 Å². The van der Waals surface area contributed by atoms with Crippen LogP contribution in [0.4, 0.5) is 0 Å². The first-order valence-electron chi connectivity index (χ1n) is 2.95. The van der Waals surface area contributed by atoms with Crippen LogP contribution in [0.25, 0.3) is 0 Å². The SMILES string of the molecule is C[C@H]1CCN[C@@H]1[C]=O. The van der Waals surface area contributed by atoms with E-state index in [0.29, 0.717) is 5.92 Å². The molecule has 1 heterocycles. The fraction of sp³-hybridized carbons (Fsp3) is 0.833. The zero-order chi connectivity index (χ0) is 5.98. The van der Waals surface area contributed by atoms with Crippen LogP contribution in [0.5, 0.6) is 0 Å². The maximum absolute atomic E-state index is 10.0. The van der Waals surface area contributed by atoms with E-state index in [-0.39, 0.29) is 6.04 Å². The molecule has 0 aromatic rings. The Morgan fingerprint density at radius 3 is 2.75 bits per heavy atom. The molecule has 2 atom stereocenters. The smallest absolute Gasteiger partial charge is 0.217 e. The lowest BCUT2D eigenvalue weighted by atomic mass is 10.1. The van der Waals surface area contributed by atoms with Crippen LogP contribution in [0.2, 0.25) is 0 Å². The Morgan fingerprint density at radius 2 is 2.50 bits per heavy atom. The Bertz CT molecular complexity index is 92.5. The molecule has 0 saturated carbocycles. The summed E-state index contributed by atoms with van der Waals surface area (Å²) in [5.74, 6) is 0.493. The van der Waals surface area contributed by atoms with Gasteiger partial charge in [0.05, 0.1) is 6.04 Å². The zero-order valence-corrected chi connectivity index (χ0v) is 4.98. The van der Waals surface area contributed by atoms with Gasteiger partial charge in [-0.15, -0.1) is 0 Å². The molecule has 1 fully saturated rings. The molecule has 1 aliphatic rings. The van der Waals surface area contributed by atoms with Crippen molar-refractivity contribution >= 4 is 6.29 Å². The lowest BCUT2D eigenvalue weighted by molar-refractivity contribution is 0.502. The Balaban J connectivity index is 2.41. The first kappa shape index (κ1) is 5.76. The number of hydrogen-bond acceptors (Lipinski definition) is 2. The van der Waals surface area contributed by atoms with E-state index in [1.54, 1.807) is 0 Å². The monoisotopic (exact) mass is 112 g/mol. The third-order valence-corrected chi connectivity index (χ3v) is 1.66. The summed E-state index contributed by atoms with van der Waals surface area (Å²) in [5.41, 5.74) is 0. The predicted molar refractivity (Wildman–Crippen MR) is 31.3 cm³/mol. The molecule has 0 spiro atoms. The summed E-state index contributed by atoms with van der Waals surface area (Å²) >= 11 is 0. The van der Waals surface area contributed by atoms with Gasteiger partial charge in [-0.1, -0.05) is 6.92 Å². The van der Waals surface area contributed by atoms with Crippen molar-refractivity contribution in [1.29, 1.82) is 0 Å². The molecule has 2 heteroatoms. The van der Waals surface area contributed by atoms with Gasteiger partial charge in [0, 0.05) is 0 Å². The number of nitrogens with one attached hydrogen (secondary N) is 1. The van der Waals surface area contributed by atoms with Gasteiger partial charge in [-0.2, -0.15) is 0 Å². The average Bonchev–Trinajstić information content (AvgIpc) is 2.14. The van der Waals surface area contributed by atoms with E-state index < -0.39 is 0 Å². The molecule has 0 amide bonds. The van der Waals surface area contributed by atoms with Gasteiger partial charge < -0.3 is 5.32 Å². The molecule has 1 aliphatic heterocycles. The number of hydrogen-bond donors (Lipinski definition) is 1. The van der Waals surface area contributed by atoms with Gasteiger partial charge in [-0.3, -0.25) is 4.79 Å². The maximum atomic E-state index is 10.0. The first-order valence-corrected chi connectivity index (χ1v) is 2.95. The van der Waals surface area contributed by atoms with Gasteiger partial charge in [0.2, 0.25) is 6.29 Å². The molecule has 1 radical (unpaired) electrons. The van der Waals surface area contributed by atoms with Crippen molar-refractivity contribution in [3.8, 4) is 0 Å². The summed E-state index contributed by atoms with van der Waals surface area (Å²) in [7, 11) is 0.